The van der Waals surface area contributed by atoms with Gasteiger partial charge in [0.2, 0.25) is 0 Å². The molecule has 2 heterocycles. The van der Waals surface area contributed by atoms with Crippen LogP contribution in [-0.4, -0.2) is 22.4 Å². The van der Waals surface area contributed by atoms with Crippen LogP contribution in [0.25, 0.3) is 0 Å². The van der Waals surface area contributed by atoms with E-state index in [-0.39, 0.29) is 5.91 Å². The van der Waals surface area contributed by atoms with Crippen molar-refractivity contribution in [2.24, 2.45) is 0 Å². The fourth-order valence-electron chi connectivity index (χ4n) is 2.13. The number of carbonyl (C=O) groups excluding carboxylic acids is 1. The molecule has 1 aliphatic heterocycles. The van der Waals surface area contributed by atoms with Crippen molar-refractivity contribution in [2.45, 2.75) is 13.0 Å². The van der Waals surface area contributed by atoms with Gasteiger partial charge in [0.15, 0.2) is 0 Å². The maximum atomic E-state index is 12.0. The molecule has 2 N–H and O–H groups in total. The number of anilines is 1. The van der Waals surface area contributed by atoms with Gasteiger partial charge in [0.1, 0.15) is 6.33 Å². The van der Waals surface area contributed by atoms with Crippen molar-refractivity contribution < 1.29 is 4.79 Å². The zero-order chi connectivity index (χ0) is 13.1. The van der Waals surface area contributed by atoms with E-state index in [4.69, 9.17) is 0 Å². The number of benzene rings is 1. The monoisotopic (exact) mass is 254 g/mol. The second-order valence-corrected chi connectivity index (χ2v) is 4.43. The van der Waals surface area contributed by atoms with Gasteiger partial charge in [-0.1, -0.05) is 6.07 Å². The molecule has 3 rings (SSSR count). The fraction of sp³-hybridized carbons (Fsp3) is 0.214. The SMILES string of the molecule is O=C(NCc1ccncn1)c1ccc2c(c1)NCC2. The highest BCUT2D eigenvalue weighted by Crippen LogP contribution is 2.23. The highest BCUT2D eigenvalue weighted by atomic mass is 16.1. The Labute approximate surface area is 111 Å². The van der Waals surface area contributed by atoms with Crippen LogP contribution in [0.5, 0.6) is 0 Å². The smallest absolute Gasteiger partial charge is 0.251 e. The van der Waals surface area contributed by atoms with Crippen molar-refractivity contribution >= 4 is 11.6 Å². The van der Waals surface area contributed by atoms with E-state index in [1.165, 1.54) is 11.9 Å². The predicted octanol–water partition coefficient (Wildman–Crippen LogP) is 1.37. The van der Waals surface area contributed by atoms with E-state index >= 15 is 0 Å². The van der Waals surface area contributed by atoms with Crippen LogP contribution in [-0.2, 0) is 13.0 Å². The van der Waals surface area contributed by atoms with Crippen LogP contribution < -0.4 is 10.6 Å². The Morgan fingerprint density at radius 1 is 1.37 bits per heavy atom. The zero-order valence-corrected chi connectivity index (χ0v) is 10.4. The normalized spacial score (nSPS) is 12.6. The second kappa shape index (κ2) is 5.06. The molecule has 1 aromatic heterocycles. The van der Waals surface area contributed by atoms with Gasteiger partial charge in [-0.2, -0.15) is 0 Å². The van der Waals surface area contributed by atoms with Crippen LogP contribution in [0, 0.1) is 0 Å². The Hall–Kier alpha value is -2.43. The Morgan fingerprint density at radius 2 is 2.32 bits per heavy atom. The quantitative estimate of drug-likeness (QED) is 0.868. The first-order chi connectivity index (χ1) is 9.33. The number of rotatable bonds is 3. The van der Waals surface area contributed by atoms with Crippen LogP contribution in [0.3, 0.4) is 0 Å². The summed E-state index contributed by atoms with van der Waals surface area (Å²) in [7, 11) is 0. The molecule has 0 atom stereocenters. The molecule has 2 aromatic rings. The van der Waals surface area contributed by atoms with Crippen LogP contribution in [0.4, 0.5) is 5.69 Å². The van der Waals surface area contributed by atoms with Gasteiger partial charge in [-0.25, -0.2) is 9.97 Å². The largest absolute Gasteiger partial charge is 0.384 e. The lowest BCUT2D eigenvalue weighted by Gasteiger charge is -2.06. The molecule has 1 aromatic carbocycles. The lowest BCUT2D eigenvalue weighted by atomic mass is 10.1. The first kappa shape index (κ1) is 11.6. The van der Waals surface area contributed by atoms with Crippen molar-refractivity contribution in [3.63, 3.8) is 0 Å². The summed E-state index contributed by atoms with van der Waals surface area (Å²) in [5, 5.41) is 6.12. The summed E-state index contributed by atoms with van der Waals surface area (Å²) >= 11 is 0. The van der Waals surface area contributed by atoms with Gasteiger partial charge >= 0.3 is 0 Å². The Balaban J connectivity index is 1.67. The molecule has 19 heavy (non-hydrogen) atoms. The van der Waals surface area contributed by atoms with E-state index in [0.29, 0.717) is 12.1 Å². The predicted molar refractivity (Wildman–Crippen MR) is 71.8 cm³/mol. The van der Waals surface area contributed by atoms with Crippen LogP contribution >= 0.6 is 0 Å². The van der Waals surface area contributed by atoms with Crippen LogP contribution in [0.1, 0.15) is 21.6 Å². The molecular weight excluding hydrogens is 240 g/mol. The highest BCUT2D eigenvalue weighted by molar-refractivity contribution is 5.95. The summed E-state index contributed by atoms with van der Waals surface area (Å²) in [4.78, 5) is 19.9. The number of hydrogen-bond acceptors (Lipinski definition) is 4. The van der Waals surface area contributed by atoms with Gasteiger partial charge in [-0.05, 0) is 30.2 Å². The third-order valence-electron chi connectivity index (χ3n) is 3.16. The summed E-state index contributed by atoms with van der Waals surface area (Å²) in [5.74, 6) is -0.0879. The minimum Gasteiger partial charge on any atom is -0.384 e. The van der Waals surface area contributed by atoms with Crippen LogP contribution in [0.2, 0.25) is 0 Å². The average molecular weight is 254 g/mol. The average Bonchev–Trinajstić information content (AvgIpc) is 2.93. The Morgan fingerprint density at radius 3 is 3.16 bits per heavy atom. The summed E-state index contributed by atoms with van der Waals surface area (Å²) in [5.41, 5.74) is 3.80. The highest BCUT2D eigenvalue weighted by Gasteiger charge is 2.13. The van der Waals surface area contributed by atoms with Gasteiger partial charge in [0.25, 0.3) is 5.91 Å². The molecule has 0 radical (unpaired) electrons. The van der Waals surface area contributed by atoms with Crippen molar-refractivity contribution in [2.75, 3.05) is 11.9 Å². The van der Waals surface area contributed by atoms with E-state index in [9.17, 15) is 4.79 Å². The molecule has 0 aliphatic carbocycles. The molecular formula is C14H14N4O. The number of fused-ring (bicyclic) bond motifs is 1. The molecule has 1 amide bonds. The van der Waals surface area contributed by atoms with Crippen LogP contribution in [0.15, 0.2) is 36.8 Å². The molecule has 0 saturated carbocycles. The number of nitrogens with one attached hydrogen (secondary N) is 2. The molecule has 0 bridgehead atoms. The van der Waals surface area contributed by atoms with E-state index < -0.39 is 0 Å². The summed E-state index contributed by atoms with van der Waals surface area (Å²) < 4.78 is 0. The molecule has 0 spiro atoms. The van der Waals surface area contributed by atoms with Crippen molar-refractivity contribution in [3.8, 4) is 0 Å². The van der Waals surface area contributed by atoms with Crippen molar-refractivity contribution in [1.82, 2.24) is 15.3 Å². The van der Waals surface area contributed by atoms with Crippen molar-refractivity contribution in [3.05, 3.63) is 53.6 Å². The number of aromatic nitrogens is 2. The lowest BCUT2D eigenvalue weighted by molar-refractivity contribution is 0.0950. The summed E-state index contributed by atoms with van der Waals surface area (Å²) in [6, 6.07) is 7.55. The van der Waals surface area contributed by atoms with E-state index in [2.05, 4.69) is 20.6 Å². The van der Waals surface area contributed by atoms with E-state index in [1.807, 2.05) is 18.2 Å². The number of nitrogens with zero attached hydrogens (tertiary/aromatic N) is 2. The van der Waals surface area contributed by atoms with Gasteiger partial charge in [0, 0.05) is 24.0 Å². The van der Waals surface area contributed by atoms with Gasteiger partial charge in [-0.15, -0.1) is 0 Å². The number of hydrogen-bond donors (Lipinski definition) is 2. The maximum Gasteiger partial charge on any atom is 0.251 e. The molecule has 5 heteroatoms. The first-order valence-corrected chi connectivity index (χ1v) is 6.23. The van der Waals surface area contributed by atoms with Gasteiger partial charge < -0.3 is 10.6 Å². The molecule has 0 unspecified atom stereocenters. The zero-order valence-electron chi connectivity index (χ0n) is 10.4. The molecule has 96 valence electrons. The summed E-state index contributed by atoms with van der Waals surface area (Å²) in [6.07, 6.45) is 4.16. The number of carbonyl (C=O) groups is 1. The topological polar surface area (TPSA) is 66.9 Å². The van der Waals surface area contributed by atoms with Gasteiger partial charge in [0.05, 0.1) is 12.2 Å². The van der Waals surface area contributed by atoms with E-state index in [0.717, 1.165) is 24.3 Å². The maximum absolute atomic E-state index is 12.0. The minimum absolute atomic E-state index is 0.0879. The molecule has 1 aliphatic rings. The van der Waals surface area contributed by atoms with Gasteiger partial charge in [-0.3, -0.25) is 4.79 Å². The second-order valence-electron chi connectivity index (χ2n) is 4.43. The first-order valence-electron chi connectivity index (χ1n) is 6.23. The lowest BCUT2D eigenvalue weighted by Crippen LogP contribution is -2.23. The minimum atomic E-state index is -0.0879. The third kappa shape index (κ3) is 2.54. The standard InChI is InChI=1S/C14H14N4O/c19-14(17-8-12-4-5-15-9-18-12)11-2-1-10-3-6-16-13(10)7-11/h1-2,4-5,7,9,16H,3,6,8H2,(H,17,19). The fourth-order valence-corrected chi connectivity index (χ4v) is 2.13. The molecule has 0 fully saturated rings. The van der Waals surface area contributed by atoms with Crippen molar-refractivity contribution in [1.29, 1.82) is 0 Å². The summed E-state index contributed by atoms with van der Waals surface area (Å²) in [6.45, 7) is 1.35. The number of amides is 1. The third-order valence-corrected chi connectivity index (χ3v) is 3.16. The Bertz CT molecular complexity index is 598. The molecule has 0 saturated heterocycles. The Kier molecular flexibility index (Phi) is 3.10. The molecule has 5 nitrogen and oxygen atoms in total. The van der Waals surface area contributed by atoms with E-state index in [1.54, 1.807) is 12.3 Å².